The van der Waals surface area contributed by atoms with E-state index in [0.29, 0.717) is 17.7 Å². The van der Waals surface area contributed by atoms with E-state index in [1.807, 2.05) is 0 Å². The molecule has 2 saturated heterocycles. The summed E-state index contributed by atoms with van der Waals surface area (Å²) in [6, 6.07) is 0. The standard InChI is InChI=1S/C16H24F2N4O/c1-15-7-21(8-16(15,2)10-23-9-15)14-20-19-13(5-11-3-4-11)22(14)6-12(17)18/h11-12H,3-10H2,1-2H3/t15-,16+. The number of hydrogen-bond donors (Lipinski definition) is 0. The summed E-state index contributed by atoms with van der Waals surface area (Å²) in [5, 5.41) is 8.53. The average molecular weight is 326 g/mol. The molecular weight excluding hydrogens is 302 g/mol. The molecule has 0 radical (unpaired) electrons. The fourth-order valence-electron chi connectivity index (χ4n) is 3.98. The highest BCUT2D eigenvalue weighted by Crippen LogP contribution is 2.51. The van der Waals surface area contributed by atoms with Gasteiger partial charge in [-0.25, -0.2) is 8.78 Å². The summed E-state index contributed by atoms with van der Waals surface area (Å²) >= 11 is 0. The Bertz CT molecular complexity index is 585. The minimum atomic E-state index is -2.39. The van der Waals surface area contributed by atoms with Gasteiger partial charge in [0.15, 0.2) is 0 Å². The van der Waals surface area contributed by atoms with Gasteiger partial charge in [0.2, 0.25) is 5.95 Å². The number of anilines is 1. The van der Waals surface area contributed by atoms with E-state index in [1.54, 1.807) is 4.57 Å². The van der Waals surface area contributed by atoms with Crippen molar-refractivity contribution in [2.75, 3.05) is 31.2 Å². The van der Waals surface area contributed by atoms with Gasteiger partial charge in [0.25, 0.3) is 6.43 Å². The van der Waals surface area contributed by atoms with Crippen LogP contribution in [0.4, 0.5) is 14.7 Å². The largest absolute Gasteiger partial charge is 0.380 e. The second-order valence-corrected chi connectivity index (χ2v) is 8.04. The van der Waals surface area contributed by atoms with Crippen molar-refractivity contribution in [1.29, 1.82) is 0 Å². The number of ether oxygens (including phenoxy) is 1. The van der Waals surface area contributed by atoms with Crippen molar-refractivity contribution in [2.45, 2.75) is 46.1 Å². The van der Waals surface area contributed by atoms with Crippen molar-refractivity contribution in [3.63, 3.8) is 0 Å². The van der Waals surface area contributed by atoms with Crippen molar-refractivity contribution >= 4 is 5.95 Å². The Hall–Kier alpha value is -1.24. The van der Waals surface area contributed by atoms with E-state index < -0.39 is 6.43 Å². The molecule has 0 aromatic carbocycles. The zero-order valence-electron chi connectivity index (χ0n) is 13.8. The first-order chi connectivity index (χ1) is 10.9. The highest BCUT2D eigenvalue weighted by Gasteiger charge is 2.56. The number of nitrogens with zero attached hydrogens (tertiary/aromatic N) is 4. The van der Waals surface area contributed by atoms with Crippen LogP contribution in [0, 0.1) is 16.7 Å². The zero-order chi connectivity index (χ0) is 16.2. The van der Waals surface area contributed by atoms with E-state index in [-0.39, 0.29) is 17.4 Å². The lowest BCUT2D eigenvalue weighted by Crippen LogP contribution is -2.34. The fraction of sp³-hybridized carbons (Fsp3) is 0.875. The molecule has 0 N–H and O–H groups in total. The molecule has 3 fully saturated rings. The Kier molecular flexibility index (Phi) is 3.41. The van der Waals surface area contributed by atoms with Crippen molar-refractivity contribution < 1.29 is 13.5 Å². The maximum Gasteiger partial charge on any atom is 0.256 e. The van der Waals surface area contributed by atoms with Crippen LogP contribution in [-0.2, 0) is 17.7 Å². The first-order valence-electron chi connectivity index (χ1n) is 8.43. The van der Waals surface area contributed by atoms with Gasteiger partial charge < -0.3 is 9.64 Å². The molecule has 3 heterocycles. The topological polar surface area (TPSA) is 43.2 Å². The normalized spacial score (nSPS) is 33.7. The smallest absolute Gasteiger partial charge is 0.256 e. The molecule has 0 bridgehead atoms. The van der Waals surface area contributed by atoms with Gasteiger partial charge in [0.1, 0.15) is 5.82 Å². The van der Waals surface area contributed by atoms with Crippen molar-refractivity contribution in [2.24, 2.45) is 16.7 Å². The molecule has 0 spiro atoms. The van der Waals surface area contributed by atoms with Crippen LogP contribution in [0.2, 0.25) is 0 Å². The lowest BCUT2D eigenvalue weighted by atomic mass is 9.71. The van der Waals surface area contributed by atoms with Crippen molar-refractivity contribution in [3.05, 3.63) is 5.82 Å². The fourth-order valence-corrected chi connectivity index (χ4v) is 3.98. The van der Waals surface area contributed by atoms with Crippen LogP contribution >= 0.6 is 0 Å². The molecule has 5 nitrogen and oxygen atoms in total. The SMILES string of the molecule is C[C@@]12COC[C@]1(C)CN(c1nnc(CC3CC3)n1CC(F)F)C2. The predicted octanol–water partition coefficient (Wildman–Crippen LogP) is 2.36. The third kappa shape index (κ3) is 2.53. The van der Waals surface area contributed by atoms with Crippen LogP contribution in [0.15, 0.2) is 0 Å². The van der Waals surface area contributed by atoms with Crippen molar-refractivity contribution in [1.82, 2.24) is 14.8 Å². The number of rotatable bonds is 5. The van der Waals surface area contributed by atoms with E-state index in [4.69, 9.17) is 4.74 Å². The van der Waals surface area contributed by atoms with Crippen LogP contribution in [0.5, 0.6) is 0 Å². The molecule has 0 amide bonds. The van der Waals surface area contributed by atoms with Crippen molar-refractivity contribution in [3.8, 4) is 0 Å². The molecule has 1 aromatic rings. The first kappa shape index (κ1) is 15.3. The number of halogens is 2. The lowest BCUT2D eigenvalue weighted by Gasteiger charge is -2.29. The van der Waals surface area contributed by atoms with E-state index in [1.165, 1.54) is 12.8 Å². The summed E-state index contributed by atoms with van der Waals surface area (Å²) in [6.45, 7) is 7.14. The Morgan fingerprint density at radius 2 is 1.83 bits per heavy atom. The predicted molar refractivity (Wildman–Crippen MR) is 81.7 cm³/mol. The van der Waals surface area contributed by atoms with Gasteiger partial charge in [-0.3, -0.25) is 4.57 Å². The Balaban J connectivity index is 1.62. The highest BCUT2D eigenvalue weighted by atomic mass is 19.3. The Labute approximate surface area is 135 Å². The molecule has 1 aromatic heterocycles. The third-order valence-electron chi connectivity index (χ3n) is 5.96. The number of hydrogen-bond acceptors (Lipinski definition) is 4. The molecule has 0 unspecified atom stereocenters. The summed E-state index contributed by atoms with van der Waals surface area (Å²) in [5.41, 5.74) is 0.0938. The summed E-state index contributed by atoms with van der Waals surface area (Å²) in [4.78, 5) is 2.13. The highest BCUT2D eigenvalue weighted by molar-refractivity contribution is 5.37. The van der Waals surface area contributed by atoms with Gasteiger partial charge in [-0.05, 0) is 18.8 Å². The summed E-state index contributed by atoms with van der Waals surface area (Å²) in [7, 11) is 0. The molecule has 7 heteroatoms. The van der Waals surface area contributed by atoms with Gasteiger partial charge in [0, 0.05) is 30.3 Å². The molecule has 1 saturated carbocycles. The van der Waals surface area contributed by atoms with Gasteiger partial charge in [-0.1, -0.05) is 13.8 Å². The lowest BCUT2D eigenvalue weighted by molar-refractivity contribution is 0.125. The quantitative estimate of drug-likeness (QED) is 0.833. The Morgan fingerprint density at radius 1 is 1.17 bits per heavy atom. The van der Waals surface area contributed by atoms with Crippen LogP contribution in [0.25, 0.3) is 0 Å². The van der Waals surface area contributed by atoms with Crippen LogP contribution in [-0.4, -0.2) is 47.5 Å². The van der Waals surface area contributed by atoms with E-state index in [0.717, 1.165) is 32.7 Å². The molecule has 2 aliphatic heterocycles. The second-order valence-electron chi connectivity index (χ2n) is 8.04. The molecule has 23 heavy (non-hydrogen) atoms. The van der Waals surface area contributed by atoms with E-state index in [2.05, 4.69) is 28.9 Å². The number of fused-ring (bicyclic) bond motifs is 1. The van der Waals surface area contributed by atoms with Gasteiger partial charge in [0.05, 0.1) is 19.8 Å². The van der Waals surface area contributed by atoms with Crippen LogP contribution < -0.4 is 4.90 Å². The maximum absolute atomic E-state index is 13.1. The molecule has 1 aliphatic carbocycles. The molecule has 3 aliphatic rings. The molecule has 4 rings (SSSR count). The van der Waals surface area contributed by atoms with Crippen LogP contribution in [0.1, 0.15) is 32.5 Å². The maximum atomic E-state index is 13.1. The monoisotopic (exact) mass is 326 g/mol. The van der Waals surface area contributed by atoms with E-state index >= 15 is 0 Å². The summed E-state index contributed by atoms with van der Waals surface area (Å²) in [5.74, 6) is 1.93. The summed E-state index contributed by atoms with van der Waals surface area (Å²) in [6.07, 6.45) is 0.729. The minimum absolute atomic E-state index is 0.0469. The van der Waals surface area contributed by atoms with Gasteiger partial charge in [-0.2, -0.15) is 0 Å². The van der Waals surface area contributed by atoms with E-state index in [9.17, 15) is 8.78 Å². The number of aromatic nitrogens is 3. The van der Waals surface area contributed by atoms with Crippen LogP contribution in [0.3, 0.4) is 0 Å². The third-order valence-corrected chi connectivity index (χ3v) is 5.96. The van der Waals surface area contributed by atoms with Gasteiger partial charge in [-0.15, -0.1) is 10.2 Å². The minimum Gasteiger partial charge on any atom is -0.380 e. The molecule has 128 valence electrons. The second kappa shape index (κ2) is 5.13. The van der Waals surface area contributed by atoms with Gasteiger partial charge >= 0.3 is 0 Å². The Morgan fingerprint density at radius 3 is 2.39 bits per heavy atom. The molecular formula is C16H24F2N4O. The average Bonchev–Trinajstić information content (AvgIpc) is 3.04. The number of alkyl halides is 2. The zero-order valence-corrected chi connectivity index (χ0v) is 13.8. The first-order valence-corrected chi connectivity index (χ1v) is 8.43. The molecule has 2 atom stereocenters. The summed E-state index contributed by atoms with van der Waals surface area (Å²) < 4.78 is 33.5.